The Morgan fingerprint density at radius 2 is 1.92 bits per heavy atom. The molecule has 5 nitrogen and oxygen atoms in total. The first-order valence-corrected chi connectivity index (χ1v) is 9.60. The molecule has 2 aliphatic rings. The summed E-state index contributed by atoms with van der Waals surface area (Å²) >= 11 is 0. The smallest absolute Gasteiger partial charge is 0.223 e. The molecule has 0 aromatic heterocycles. The fourth-order valence-electron chi connectivity index (χ4n) is 3.92. The molecule has 2 aliphatic heterocycles. The average Bonchev–Trinajstić information content (AvgIpc) is 2.92. The van der Waals surface area contributed by atoms with Crippen molar-refractivity contribution in [3.63, 3.8) is 0 Å². The van der Waals surface area contributed by atoms with Gasteiger partial charge in [0.1, 0.15) is 0 Å². The summed E-state index contributed by atoms with van der Waals surface area (Å²) in [7, 11) is 0. The lowest BCUT2D eigenvalue weighted by molar-refractivity contribution is -0.134. The number of aliphatic hydroxyl groups is 1. The Kier molecular flexibility index (Phi) is 6.70. The zero-order valence-electron chi connectivity index (χ0n) is 15.0. The van der Waals surface area contributed by atoms with Crippen LogP contribution in [-0.2, 0) is 16.0 Å². The van der Waals surface area contributed by atoms with Gasteiger partial charge in [0.25, 0.3) is 0 Å². The molecule has 2 heterocycles. The average molecular weight is 346 g/mol. The van der Waals surface area contributed by atoms with Crippen molar-refractivity contribution in [1.29, 1.82) is 0 Å². The fourth-order valence-corrected chi connectivity index (χ4v) is 3.92. The second-order valence-corrected chi connectivity index (χ2v) is 7.00. The van der Waals surface area contributed by atoms with Crippen molar-refractivity contribution in [3.05, 3.63) is 29.8 Å². The van der Waals surface area contributed by atoms with Gasteiger partial charge in [0.2, 0.25) is 5.91 Å². The van der Waals surface area contributed by atoms with Crippen molar-refractivity contribution in [3.8, 4) is 0 Å². The van der Waals surface area contributed by atoms with E-state index in [4.69, 9.17) is 4.74 Å². The number of hydrogen-bond donors (Lipinski definition) is 1. The maximum absolute atomic E-state index is 12.8. The van der Waals surface area contributed by atoms with E-state index in [1.54, 1.807) is 0 Å². The summed E-state index contributed by atoms with van der Waals surface area (Å²) in [5, 5.41) is 9.62. The van der Waals surface area contributed by atoms with Gasteiger partial charge in [-0.25, -0.2) is 0 Å². The maximum Gasteiger partial charge on any atom is 0.223 e. The monoisotopic (exact) mass is 346 g/mol. The Morgan fingerprint density at radius 3 is 2.72 bits per heavy atom. The number of para-hydroxylation sites is 1. The number of morpholine rings is 1. The molecule has 0 spiro atoms. The number of aryl methyl sites for hydroxylation is 1. The van der Waals surface area contributed by atoms with Gasteiger partial charge in [0.05, 0.1) is 25.9 Å². The number of carbonyl (C=O) groups excluding carboxylic acids is 1. The van der Waals surface area contributed by atoms with Crippen LogP contribution in [0.4, 0.5) is 5.69 Å². The Morgan fingerprint density at radius 1 is 1.12 bits per heavy atom. The molecule has 1 aromatic rings. The van der Waals surface area contributed by atoms with Crippen LogP contribution in [0.3, 0.4) is 0 Å². The van der Waals surface area contributed by atoms with Crippen LogP contribution >= 0.6 is 0 Å². The third-order valence-corrected chi connectivity index (χ3v) is 5.36. The molecule has 3 rings (SSSR count). The lowest BCUT2D eigenvalue weighted by Gasteiger charge is -2.31. The standard InChI is InChI=1S/C20H30N2O3/c23-16-18-7-2-1-5-11-22(18)20(24)10-9-17-6-3-4-8-19(17)21-12-14-25-15-13-21/h3-4,6,8,18,23H,1-2,5,7,9-16H2. The van der Waals surface area contributed by atoms with Crippen molar-refractivity contribution < 1.29 is 14.6 Å². The quantitative estimate of drug-likeness (QED) is 0.888. The minimum absolute atomic E-state index is 0.00415. The van der Waals surface area contributed by atoms with Crippen LogP contribution in [0, 0.1) is 0 Å². The Labute approximate surface area is 150 Å². The number of nitrogens with zero attached hydrogens (tertiary/aromatic N) is 2. The van der Waals surface area contributed by atoms with Gasteiger partial charge in [-0.15, -0.1) is 0 Å². The number of benzene rings is 1. The predicted octanol–water partition coefficient (Wildman–Crippen LogP) is 2.22. The zero-order chi connectivity index (χ0) is 17.5. The molecule has 0 bridgehead atoms. The number of carbonyl (C=O) groups is 1. The summed E-state index contributed by atoms with van der Waals surface area (Å²) in [4.78, 5) is 17.0. The summed E-state index contributed by atoms with van der Waals surface area (Å²) in [6, 6.07) is 8.39. The highest BCUT2D eigenvalue weighted by Gasteiger charge is 2.25. The van der Waals surface area contributed by atoms with E-state index in [1.165, 1.54) is 11.3 Å². The van der Waals surface area contributed by atoms with Crippen LogP contribution < -0.4 is 4.90 Å². The molecule has 1 atom stereocenters. The van der Waals surface area contributed by atoms with Gasteiger partial charge in [0.15, 0.2) is 0 Å². The molecule has 5 heteroatoms. The number of ether oxygens (including phenoxy) is 1. The van der Waals surface area contributed by atoms with Gasteiger partial charge in [-0.2, -0.15) is 0 Å². The van der Waals surface area contributed by atoms with Gasteiger partial charge in [-0.3, -0.25) is 4.79 Å². The van der Waals surface area contributed by atoms with E-state index >= 15 is 0 Å². The number of likely N-dealkylation sites (tertiary alicyclic amines) is 1. The second-order valence-electron chi connectivity index (χ2n) is 7.00. The third kappa shape index (κ3) is 4.73. The van der Waals surface area contributed by atoms with Crippen LogP contribution in [0.5, 0.6) is 0 Å². The van der Waals surface area contributed by atoms with E-state index in [0.29, 0.717) is 6.42 Å². The van der Waals surface area contributed by atoms with Crippen molar-refractivity contribution in [2.75, 3.05) is 44.4 Å². The van der Waals surface area contributed by atoms with Crippen molar-refractivity contribution in [2.45, 2.75) is 44.6 Å². The van der Waals surface area contributed by atoms with Gasteiger partial charge >= 0.3 is 0 Å². The van der Waals surface area contributed by atoms with Crippen molar-refractivity contribution in [2.24, 2.45) is 0 Å². The van der Waals surface area contributed by atoms with E-state index in [0.717, 1.165) is 65.0 Å². The SMILES string of the molecule is O=C(CCc1ccccc1N1CCOCC1)N1CCCCCC1CO. The molecule has 138 valence electrons. The molecular weight excluding hydrogens is 316 g/mol. The minimum Gasteiger partial charge on any atom is -0.394 e. The molecule has 2 fully saturated rings. The Balaban J connectivity index is 1.63. The highest BCUT2D eigenvalue weighted by Crippen LogP contribution is 2.24. The van der Waals surface area contributed by atoms with Gasteiger partial charge < -0.3 is 19.6 Å². The van der Waals surface area contributed by atoms with E-state index in [1.807, 2.05) is 11.0 Å². The predicted molar refractivity (Wildman–Crippen MR) is 98.8 cm³/mol. The van der Waals surface area contributed by atoms with E-state index in [-0.39, 0.29) is 18.6 Å². The minimum atomic E-state index is 0.00415. The maximum atomic E-state index is 12.8. The second kappa shape index (κ2) is 9.20. The summed E-state index contributed by atoms with van der Waals surface area (Å²) < 4.78 is 5.45. The molecule has 2 saturated heterocycles. The Bertz CT molecular complexity index is 558. The molecular formula is C20H30N2O3. The van der Waals surface area contributed by atoms with Crippen LogP contribution in [0.15, 0.2) is 24.3 Å². The lowest BCUT2D eigenvalue weighted by Crippen LogP contribution is -2.42. The highest BCUT2D eigenvalue weighted by atomic mass is 16.5. The van der Waals surface area contributed by atoms with Gasteiger partial charge in [-0.1, -0.05) is 31.0 Å². The van der Waals surface area contributed by atoms with Crippen LogP contribution in [0.2, 0.25) is 0 Å². The number of hydrogen-bond acceptors (Lipinski definition) is 4. The van der Waals surface area contributed by atoms with Crippen molar-refractivity contribution >= 4 is 11.6 Å². The van der Waals surface area contributed by atoms with E-state index < -0.39 is 0 Å². The molecule has 1 amide bonds. The summed E-state index contributed by atoms with van der Waals surface area (Å²) in [5.74, 6) is 0.178. The van der Waals surface area contributed by atoms with Gasteiger partial charge in [0, 0.05) is 31.7 Å². The fraction of sp³-hybridized carbons (Fsp3) is 0.650. The molecule has 0 radical (unpaired) electrons. The van der Waals surface area contributed by atoms with E-state index in [2.05, 4.69) is 23.1 Å². The summed E-state index contributed by atoms with van der Waals surface area (Å²) in [6.07, 6.45) is 5.49. The molecule has 0 aliphatic carbocycles. The van der Waals surface area contributed by atoms with Gasteiger partial charge in [-0.05, 0) is 30.9 Å². The molecule has 1 aromatic carbocycles. The first kappa shape index (κ1) is 18.2. The number of aliphatic hydroxyl groups excluding tert-OH is 1. The molecule has 0 saturated carbocycles. The highest BCUT2D eigenvalue weighted by molar-refractivity contribution is 5.77. The molecule has 1 N–H and O–H groups in total. The number of anilines is 1. The normalized spacial score (nSPS) is 21.9. The third-order valence-electron chi connectivity index (χ3n) is 5.36. The van der Waals surface area contributed by atoms with Crippen LogP contribution in [0.25, 0.3) is 0 Å². The summed E-state index contributed by atoms with van der Waals surface area (Å²) in [6.45, 7) is 4.21. The number of rotatable bonds is 5. The van der Waals surface area contributed by atoms with Crippen molar-refractivity contribution in [1.82, 2.24) is 4.90 Å². The van der Waals surface area contributed by atoms with Crippen LogP contribution in [-0.4, -0.2) is 61.4 Å². The molecule has 1 unspecified atom stereocenters. The Hall–Kier alpha value is -1.59. The zero-order valence-corrected chi connectivity index (χ0v) is 15.0. The van der Waals surface area contributed by atoms with Crippen LogP contribution in [0.1, 0.15) is 37.7 Å². The molecule has 25 heavy (non-hydrogen) atoms. The summed E-state index contributed by atoms with van der Waals surface area (Å²) in [5.41, 5.74) is 2.46. The first-order valence-electron chi connectivity index (χ1n) is 9.60. The number of amides is 1. The lowest BCUT2D eigenvalue weighted by atomic mass is 10.0. The first-order chi connectivity index (χ1) is 12.3. The topological polar surface area (TPSA) is 53.0 Å². The van der Waals surface area contributed by atoms with E-state index in [9.17, 15) is 9.90 Å². The largest absolute Gasteiger partial charge is 0.394 e.